The molecule has 0 aliphatic rings. The number of anilines is 1. The molecule has 0 bridgehead atoms. The zero-order chi connectivity index (χ0) is 12.1. The van der Waals surface area contributed by atoms with Gasteiger partial charge < -0.3 is 10.4 Å². The molecule has 2 aromatic rings. The van der Waals surface area contributed by atoms with Crippen LogP contribution in [0.15, 0.2) is 30.5 Å². The number of hydrogen-bond acceptors (Lipinski definition) is 4. The third-order valence-corrected chi connectivity index (χ3v) is 2.95. The maximum Gasteiger partial charge on any atom is 0.102 e. The van der Waals surface area contributed by atoms with E-state index in [2.05, 4.69) is 38.2 Å². The lowest BCUT2D eigenvalue weighted by atomic mass is 10.3. The molecule has 90 valence electrons. The van der Waals surface area contributed by atoms with Gasteiger partial charge in [-0.3, -0.25) is 0 Å². The largest absolute Gasteiger partial charge is 0.394 e. The van der Waals surface area contributed by atoms with Crippen molar-refractivity contribution in [2.75, 3.05) is 11.9 Å². The first-order chi connectivity index (χ1) is 8.28. The van der Waals surface area contributed by atoms with E-state index in [9.17, 15) is 0 Å². The number of rotatable bonds is 5. The van der Waals surface area contributed by atoms with Gasteiger partial charge in [0.25, 0.3) is 0 Å². The second kappa shape index (κ2) is 5.97. The summed E-state index contributed by atoms with van der Waals surface area (Å²) in [6.07, 6.45) is 1.83. The molecule has 0 fully saturated rings. The van der Waals surface area contributed by atoms with Gasteiger partial charge in [-0.2, -0.15) is 0 Å². The molecule has 5 nitrogen and oxygen atoms in total. The van der Waals surface area contributed by atoms with Crippen molar-refractivity contribution >= 4 is 28.3 Å². The molecule has 6 heteroatoms. The lowest BCUT2D eigenvalue weighted by Crippen LogP contribution is -2.02. The minimum absolute atomic E-state index is 0.0767. The SMILES string of the molecule is OCCn1cc(CNc2ccc(I)cc2)nn1. The average Bonchev–Trinajstić information content (AvgIpc) is 2.77. The summed E-state index contributed by atoms with van der Waals surface area (Å²) in [4.78, 5) is 0. The fraction of sp³-hybridized carbons (Fsp3) is 0.273. The highest BCUT2D eigenvalue weighted by molar-refractivity contribution is 14.1. The Kier molecular flexibility index (Phi) is 4.32. The monoisotopic (exact) mass is 344 g/mol. The van der Waals surface area contributed by atoms with E-state index in [0.717, 1.165) is 11.4 Å². The Labute approximate surface area is 113 Å². The number of benzene rings is 1. The smallest absolute Gasteiger partial charge is 0.102 e. The lowest BCUT2D eigenvalue weighted by Gasteiger charge is -2.03. The van der Waals surface area contributed by atoms with Crippen LogP contribution < -0.4 is 5.32 Å². The molecule has 1 aromatic carbocycles. The van der Waals surface area contributed by atoms with Gasteiger partial charge >= 0.3 is 0 Å². The molecule has 17 heavy (non-hydrogen) atoms. The Hall–Kier alpha value is -1.15. The number of hydrogen-bond donors (Lipinski definition) is 2. The minimum Gasteiger partial charge on any atom is -0.394 e. The summed E-state index contributed by atoms with van der Waals surface area (Å²) in [5.41, 5.74) is 1.92. The zero-order valence-corrected chi connectivity index (χ0v) is 11.3. The predicted octanol–water partition coefficient (Wildman–Crippen LogP) is 1.49. The summed E-state index contributed by atoms with van der Waals surface area (Å²) in [6.45, 7) is 1.19. The van der Waals surface area contributed by atoms with E-state index < -0.39 is 0 Å². The highest BCUT2D eigenvalue weighted by Crippen LogP contribution is 2.11. The summed E-state index contributed by atoms with van der Waals surface area (Å²) < 4.78 is 2.84. The molecule has 0 spiro atoms. The molecule has 1 heterocycles. The van der Waals surface area contributed by atoms with Crippen LogP contribution in [0.25, 0.3) is 0 Å². The molecular formula is C11H13IN4O. The van der Waals surface area contributed by atoms with E-state index in [-0.39, 0.29) is 6.61 Å². The van der Waals surface area contributed by atoms with Crippen LogP contribution in [-0.2, 0) is 13.1 Å². The number of nitrogens with one attached hydrogen (secondary N) is 1. The third-order valence-electron chi connectivity index (χ3n) is 2.23. The van der Waals surface area contributed by atoms with E-state index in [0.29, 0.717) is 13.1 Å². The lowest BCUT2D eigenvalue weighted by molar-refractivity contribution is 0.268. The zero-order valence-electron chi connectivity index (χ0n) is 9.17. The Bertz CT molecular complexity index is 469. The summed E-state index contributed by atoms with van der Waals surface area (Å²) >= 11 is 2.27. The molecule has 0 aliphatic heterocycles. The number of aliphatic hydroxyl groups excluding tert-OH is 1. The molecule has 0 unspecified atom stereocenters. The fourth-order valence-corrected chi connectivity index (χ4v) is 1.75. The van der Waals surface area contributed by atoms with Gasteiger partial charge in [-0.15, -0.1) is 5.10 Å². The van der Waals surface area contributed by atoms with Gasteiger partial charge in [0.15, 0.2) is 0 Å². The minimum atomic E-state index is 0.0767. The molecule has 0 amide bonds. The van der Waals surface area contributed by atoms with Crippen LogP contribution in [0.3, 0.4) is 0 Å². The van der Waals surface area contributed by atoms with E-state index >= 15 is 0 Å². The van der Waals surface area contributed by atoms with E-state index in [1.54, 1.807) is 4.68 Å². The number of aromatic nitrogens is 3. The van der Waals surface area contributed by atoms with Crippen LogP contribution in [0.5, 0.6) is 0 Å². The topological polar surface area (TPSA) is 63.0 Å². The molecular weight excluding hydrogens is 331 g/mol. The predicted molar refractivity (Wildman–Crippen MR) is 73.6 cm³/mol. The van der Waals surface area contributed by atoms with Crippen molar-refractivity contribution in [1.82, 2.24) is 15.0 Å². The van der Waals surface area contributed by atoms with E-state index in [1.165, 1.54) is 3.57 Å². The molecule has 0 radical (unpaired) electrons. The first-order valence-corrected chi connectivity index (χ1v) is 6.35. The van der Waals surface area contributed by atoms with Crippen LogP contribution in [-0.4, -0.2) is 26.7 Å². The van der Waals surface area contributed by atoms with Crippen molar-refractivity contribution in [2.45, 2.75) is 13.1 Å². The van der Waals surface area contributed by atoms with E-state index in [4.69, 9.17) is 5.11 Å². The number of nitrogens with zero attached hydrogens (tertiary/aromatic N) is 3. The highest BCUT2D eigenvalue weighted by atomic mass is 127. The van der Waals surface area contributed by atoms with Gasteiger partial charge in [-0.05, 0) is 46.9 Å². The maximum atomic E-state index is 8.76. The Morgan fingerprint density at radius 1 is 1.29 bits per heavy atom. The van der Waals surface area contributed by atoms with Crippen LogP contribution in [0.1, 0.15) is 5.69 Å². The van der Waals surface area contributed by atoms with Crippen molar-refractivity contribution in [3.63, 3.8) is 0 Å². The Balaban J connectivity index is 1.90. The summed E-state index contributed by atoms with van der Waals surface area (Å²) in [5, 5.41) is 19.9. The maximum absolute atomic E-state index is 8.76. The Morgan fingerprint density at radius 2 is 2.06 bits per heavy atom. The highest BCUT2D eigenvalue weighted by Gasteiger charge is 2.00. The molecule has 2 N–H and O–H groups in total. The summed E-state index contributed by atoms with van der Waals surface area (Å²) in [5.74, 6) is 0. The summed E-state index contributed by atoms with van der Waals surface area (Å²) in [7, 11) is 0. The van der Waals surface area contributed by atoms with Gasteiger partial charge in [-0.1, -0.05) is 5.21 Å². The number of aliphatic hydroxyl groups is 1. The summed E-state index contributed by atoms with van der Waals surface area (Å²) in [6, 6.07) is 8.15. The van der Waals surface area contributed by atoms with Crippen molar-refractivity contribution < 1.29 is 5.11 Å². The van der Waals surface area contributed by atoms with Crippen molar-refractivity contribution in [3.05, 3.63) is 39.7 Å². The molecule has 0 saturated carbocycles. The van der Waals surface area contributed by atoms with Gasteiger partial charge in [0.2, 0.25) is 0 Å². The standard InChI is InChI=1S/C11H13IN4O/c12-9-1-3-10(4-2-9)13-7-11-8-16(5-6-17)15-14-11/h1-4,8,13,17H,5-7H2. The van der Waals surface area contributed by atoms with Crippen LogP contribution in [0.4, 0.5) is 5.69 Å². The second-order valence-corrected chi connectivity index (χ2v) is 4.80. The first kappa shape index (κ1) is 12.3. The van der Waals surface area contributed by atoms with Gasteiger partial charge in [0.05, 0.1) is 25.9 Å². The third kappa shape index (κ3) is 3.67. The molecule has 1 aromatic heterocycles. The van der Waals surface area contributed by atoms with Gasteiger partial charge in [0.1, 0.15) is 5.69 Å². The molecule has 2 rings (SSSR count). The fourth-order valence-electron chi connectivity index (χ4n) is 1.39. The van der Waals surface area contributed by atoms with Crippen molar-refractivity contribution in [3.8, 4) is 0 Å². The van der Waals surface area contributed by atoms with Gasteiger partial charge in [-0.25, -0.2) is 4.68 Å². The van der Waals surface area contributed by atoms with E-state index in [1.807, 2.05) is 30.5 Å². The van der Waals surface area contributed by atoms with Gasteiger partial charge in [0, 0.05) is 9.26 Å². The Morgan fingerprint density at radius 3 is 2.76 bits per heavy atom. The molecule has 0 aliphatic carbocycles. The van der Waals surface area contributed by atoms with Crippen LogP contribution >= 0.6 is 22.6 Å². The first-order valence-electron chi connectivity index (χ1n) is 5.27. The molecule has 0 saturated heterocycles. The number of halogens is 1. The van der Waals surface area contributed by atoms with Crippen LogP contribution in [0.2, 0.25) is 0 Å². The second-order valence-electron chi connectivity index (χ2n) is 3.56. The average molecular weight is 344 g/mol. The molecule has 0 atom stereocenters. The normalized spacial score (nSPS) is 10.5. The van der Waals surface area contributed by atoms with Crippen LogP contribution in [0, 0.1) is 3.57 Å². The van der Waals surface area contributed by atoms with Crippen molar-refractivity contribution in [2.24, 2.45) is 0 Å². The quantitative estimate of drug-likeness (QED) is 0.807. The van der Waals surface area contributed by atoms with Crippen molar-refractivity contribution in [1.29, 1.82) is 0 Å².